The van der Waals surface area contributed by atoms with Crippen molar-refractivity contribution in [1.82, 2.24) is 0 Å². The quantitative estimate of drug-likeness (QED) is 0.617. The Hall–Kier alpha value is -2.92. The summed E-state index contributed by atoms with van der Waals surface area (Å²) >= 11 is 5.21. The molecule has 0 aliphatic heterocycles. The van der Waals surface area contributed by atoms with E-state index >= 15 is 0 Å². The minimum absolute atomic E-state index is 0.322. The van der Waals surface area contributed by atoms with Gasteiger partial charge in [0.05, 0.1) is 5.69 Å². The third-order valence-corrected chi connectivity index (χ3v) is 3.69. The third kappa shape index (κ3) is 5.02. The predicted octanol–water partition coefficient (Wildman–Crippen LogP) is 5.21. The number of ether oxygens (including phenoxy) is 1. The molecule has 0 fully saturated rings. The van der Waals surface area contributed by atoms with Gasteiger partial charge in [0, 0.05) is 5.69 Å². The molecule has 0 bridgehead atoms. The summed E-state index contributed by atoms with van der Waals surface area (Å²) in [4.78, 5) is 0. The highest BCUT2D eigenvalue weighted by Gasteiger charge is 2.04. The average molecular weight is 352 g/mol. The summed E-state index contributed by atoms with van der Waals surface area (Å²) in [5.74, 6) is 0.415. The third-order valence-electron chi connectivity index (χ3n) is 3.48. The fraction of sp³-hybridized carbons (Fsp3) is 0.0500. The van der Waals surface area contributed by atoms with Gasteiger partial charge in [0.25, 0.3) is 0 Å². The van der Waals surface area contributed by atoms with Crippen LogP contribution in [0.15, 0.2) is 78.9 Å². The maximum Gasteiger partial charge on any atom is 0.175 e. The van der Waals surface area contributed by atoms with Gasteiger partial charge < -0.3 is 15.4 Å². The predicted molar refractivity (Wildman–Crippen MR) is 103 cm³/mol. The van der Waals surface area contributed by atoms with Crippen LogP contribution in [0, 0.1) is 5.82 Å². The molecule has 0 radical (unpaired) electrons. The smallest absolute Gasteiger partial charge is 0.175 e. The second-order valence-electron chi connectivity index (χ2n) is 5.36. The van der Waals surface area contributed by atoms with Crippen LogP contribution in [-0.4, -0.2) is 5.11 Å². The molecule has 0 saturated carbocycles. The van der Waals surface area contributed by atoms with E-state index in [4.69, 9.17) is 17.0 Å². The molecule has 0 unspecified atom stereocenters. The molecule has 0 saturated heterocycles. The van der Waals surface area contributed by atoms with Gasteiger partial charge in [-0.15, -0.1) is 0 Å². The van der Waals surface area contributed by atoms with Crippen molar-refractivity contribution in [1.29, 1.82) is 0 Å². The summed E-state index contributed by atoms with van der Waals surface area (Å²) in [5.41, 5.74) is 2.24. The molecule has 0 spiro atoms. The maximum absolute atomic E-state index is 13.6. The molecule has 0 aromatic heterocycles. The van der Waals surface area contributed by atoms with Crippen LogP contribution in [0.5, 0.6) is 5.75 Å². The van der Waals surface area contributed by atoms with Crippen LogP contribution in [-0.2, 0) is 6.61 Å². The van der Waals surface area contributed by atoms with Gasteiger partial charge in [-0.2, -0.15) is 0 Å². The van der Waals surface area contributed by atoms with Crippen molar-refractivity contribution in [3.8, 4) is 5.75 Å². The van der Waals surface area contributed by atoms with Crippen LogP contribution < -0.4 is 15.4 Å². The van der Waals surface area contributed by atoms with Gasteiger partial charge in [0.15, 0.2) is 5.11 Å². The van der Waals surface area contributed by atoms with E-state index in [1.54, 1.807) is 18.2 Å². The number of hydrogen-bond acceptors (Lipinski definition) is 2. The average Bonchev–Trinajstić information content (AvgIpc) is 2.64. The van der Waals surface area contributed by atoms with Crippen LogP contribution in [0.25, 0.3) is 0 Å². The van der Waals surface area contributed by atoms with E-state index < -0.39 is 0 Å². The van der Waals surface area contributed by atoms with Crippen molar-refractivity contribution < 1.29 is 9.13 Å². The zero-order valence-corrected chi connectivity index (χ0v) is 14.2. The first-order chi connectivity index (χ1) is 12.2. The van der Waals surface area contributed by atoms with Crippen molar-refractivity contribution >= 4 is 28.7 Å². The number of rotatable bonds is 5. The first kappa shape index (κ1) is 16.9. The van der Waals surface area contributed by atoms with E-state index in [1.807, 2.05) is 54.6 Å². The minimum atomic E-state index is -0.351. The molecule has 3 rings (SSSR count). The highest BCUT2D eigenvalue weighted by Crippen LogP contribution is 2.18. The van der Waals surface area contributed by atoms with Crippen molar-refractivity contribution in [2.24, 2.45) is 0 Å². The summed E-state index contributed by atoms with van der Waals surface area (Å²) in [6, 6.07) is 23.8. The molecule has 3 aromatic carbocycles. The first-order valence-corrected chi connectivity index (χ1v) is 8.21. The monoisotopic (exact) mass is 352 g/mol. The van der Waals surface area contributed by atoms with E-state index in [0.717, 1.165) is 17.0 Å². The zero-order chi connectivity index (χ0) is 17.5. The van der Waals surface area contributed by atoms with Gasteiger partial charge >= 0.3 is 0 Å². The lowest BCUT2D eigenvalue weighted by atomic mass is 10.2. The van der Waals surface area contributed by atoms with Gasteiger partial charge in [0.1, 0.15) is 18.2 Å². The molecular weight excluding hydrogens is 335 g/mol. The summed E-state index contributed by atoms with van der Waals surface area (Å²) in [5, 5.41) is 6.17. The first-order valence-electron chi connectivity index (χ1n) is 7.80. The number of para-hydroxylation sites is 1. The Kier molecular flexibility index (Phi) is 5.59. The lowest BCUT2D eigenvalue weighted by Gasteiger charge is -2.12. The molecule has 0 heterocycles. The molecule has 25 heavy (non-hydrogen) atoms. The summed E-state index contributed by atoms with van der Waals surface area (Å²) in [7, 11) is 0. The van der Waals surface area contributed by atoms with Crippen molar-refractivity contribution in [2.45, 2.75) is 6.61 Å². The van der Waals surface area contributed by atoms with Crippen LogP contribution >= 0.6 is 12.2 Å². The molecular formula is C20H17FN2OS. The molecule has 0 amide bonds. The fourth-order valence-corrected chi connectivity index (χ4v) is 2.45. The standard InChI is InChI=1S/C20H17FN2OS/c21-18-8-4-5-9-19(18)23-20(25)22-16-10-12-17(13-11-16)24-14-15-6-2-1-3-7-15/h1-13H,14H2,(H2,22,23,25). The SMILES string of the molecule is Fc1ccccc1NC(=S)Nc1ccc(OCc2ccccc2)cc1. The van der Waals surface area contributed by atoms with Gasteiger partial charge in [-0.05, 0) is 54.2 Å². The molecule has 3 nitrogen and oxygen atoms in total. The summed E-state index contributed by atoms with van der Waals surface area (Å²) < 4.78 is 19.3. The van der Waals surface area contributed by atoms with Gasteiger partial charge in [0.2, 0.25) is 0 Å². The second kappa shape index (κ2) is 8.26. The van der Waals surface area contributed by atoms with E-state index in [2.05, 4.69) is 10.6 Å². The van der Waals surface area contributed by atoms with Crippen molar-refractivity contribution in [3.63, 3.8) is 0 Å². The molecule has 0 atom stereocenters. The Morgan fingerprint density at radius 3 is 2.24 bits per heavy atom. The largest absolute Gasteiger partial charge is 0.489 e. The number of benzene rings is 3. The minimum Gasteiger partial charge on any atom is -0.489 e. The molecule has 0 aliphatic rings. The molecule has 2 N–H and O–H groups in total. The topological polar surface area (TPSA) is 33.3 Å². The van der Waals surface area contributed by atoms with Crippen LogP contribution in [0.1, 0.15) is 5.56 Å². The summed E-state index contributed by atoms with van der Waals surface area (Å²) in [6.07, 6.45) is 0. The van der Waals surface area contributed by atoms with Gasteiger partial charge in [-0.1, -0.05) is 42.5 Å². The molecule has 5 heteroatoms. The molecule has 126 valence electrons. The Bertz CT molecular complexity index is 838. The number of anilines is 2. The highest BCUT2D eigenvalue weighted by atomic mass is 32.1. The van der Waals surface area contributed by atoms with Crippen LogP contribution in [0.3, 0.4) is 0 Å². The fourth-order valence-electron chi connectivity index (χ4n) is 2.22. The number of nitrogens with one attached hydrogen (secondary N) is 2. The number of hydrogen-bond donors (Lipinski definition) is 2. The van der Waals surface area contributed by atoms with E-state index in [-0.39, 0.29) is 5.82 Å². The molecule has 3 aromatic rings. The van der Waals surface area contributed by atoms with Gasteiger partial charge in [-0.3, -0.25) is 0 Å². The Morgan fingerprint density at radius 1 is 0.840 bits per heavy atom. The van der Waals surface area contributed by atoms with Gasteiger partial charge in [-0.25, -0.2) is 4.39 Å². The second-order valence-corrected chi connectivity index (χ2v) is 5.77. The van der Waals surface area contributed by atoms with Crippen LogP contribution in [0.2, 0.25) is 0 Å². The lowest BCUT2D eigenvalue weighted by molar-refractivity contribution is 0.306. The number of thiocarbonyl (C=S) groups is 1. The van der Waals surface area contributed by atoms with Crippen LogP contribution in [0.4, 0.5) is 15.8 Å². The van der Waals surface area contributed by atoms with E-state index in [9.17, 15) is 4.39 Å². The Morgan fingerprint density at radius 2 is 1.52 bits per heavy atom. The van der Waals surface area contributed by atoms with E-state index in [0.29, 0.717) is 17.4 Å². The highest BCUT2D eigenvalue weighted by molar-refractivity contribution is 7.80. The maximum atomic E-state index is 13.6. The number of halogens is 1. The van der Waals surface area contributed by atoms with E-state index in [1.165, 1.54) is 6.07 Å². The van der Waals surface area contributed by atoms with Crippen molar-refractivity contribution in [3.05, 3.63) is 90.2 Å². The van der Waals surface area contributed by atoms with Crippen molar-refractivity contribution in [2.75, 3.05) is 10.6 Å². The Balaban J connectivity index is 1.53. The summed E-state index contributed by atoms with van der Waals surface area (Å²) in [6.45, 7) is 0.515. The lowest BCUT2D eigenvalue weighted by Crippen LogP contribution is -2.19. The normalized spacial score (nSPS) is 10.1. The molecule has 0 aliphatic carbocycles. The Labute approximate surface area is 151 Å². The zero-order valence-electron chi connectivity index (χ0n) is 13.4.